The standard InChI is InChI=1S/C13H11F3N2/c1-7-3-2-4-10(12(7)16)18-11-6-8(14)5-9(15)13(11)17/h2-6,18H,17H2,1H3. The van der Waals surface area contributed by atoms with E-state index in [1.54, 1.807) is 19.1 Å². The van der Waals surface area contributed by atoms with Crippen molar-refractivity contribution < 1.29 is 13.2 Å². The molecule has 0 saturated carbocycles. The first kappa shape index (κ1) is 12.3. The lowest BCUT2D eigenvalue weighted by molar-refractivity contribution is 0.587. The molecular weight excluding hydrogens is 241 g/mol. The molecule has 0 radical (unpaired) electrons. The maximum Gasteiger partial charge on any atom is 0.151 e. The molecule has 0 amide bonds. The van der Waals surface area contributed by atoms with Crippen LogP contribution in [-0.4, -0.2) is 0 Å². The van der Waals surface area contributed by atoms with Gasteiger partial charge in [0, 0.05) is 6.07 Å². The summed E-state index contributed by atoms with van der Waals surface area (Å²) in [7, 11) is 0. The average molecular weight is 252 g/mol. The molecule has 94 valence electrons. The summed E-state index contributed by atoms with van der Waals surface area (Å²) in [6, 6.07) is 6.38. The van der Waals surface area contributed by atoms with Gasteiger partial charge in [0.25, 0.3) is 0 Å². The highest BCUT2D eigenvalue weighted by molar-refractivity contribution is 5.73. The lowest BCUT2D eigenvalue weighted by atomic mass is 10.2. The molecule has 0 spiro atoms. The van der Waals surface area contributed by atoms with Crippen molar-refractivity contribution in [3.8, 4) is 0 Å². The highest BCUT2D eigenvalue weighted by Gasteiger charge is 2.11. The lowest BCUT2D eigenvalue weighted by Crippen LogP contribution is -2.02. The number of nitrogens with one attached hydrogen (secondary N) is 1. The summed E-state index contributed by atoms with van der Waals surface area (Å²) in [5, 5.41) is 2.58. The SMILES string of the molecule is Cc1cccc(Nc2cc(F)cc(F)c2N)c1F. The molecule has 3 N–H and O–H groups in total. The van der Waals surface area contributed by atoms with Crippen molar-refractivity contribution in [1.82, 2.24) is 0 Å². The fraction of sp³-hybridized carbons (Fsp3) is 0.0769. The highest BCUT2D eigenvalue weighted by Crippen LogP contribution is 2.28. The zero-order valence-electron chi connectivity index (χ0n) is 9.60. The van der Waals surface area contributed by atoms with Crippen LogP contribution in [0.5, 0.6) is 0 Å². The Bertz CT molecular complexity index is 597. The smallest absolute Gasteiger partial charge is 0.151 e. The number of hydrogen-bond acceptors (Lipinski definition) is 2. The summed E-state index contributed by atoms with van der Waals surface area (Å²) >= 11 is 0. The maximum absolute atomic E-state index is 13.7. The van der Waals surface area contributed by atoms with E-state index in [4.69, 9.17) is 5.73 Å². The van der Waals surface area contributed by atoms with Crippen LogP contribution in [-0.2, 0) is 0 Å². The molecule has 0 fully saturated rings. The Hall–Kier alpha value is -2.17. The monoisotopic (exact) mass is 252 g/mol. The van der Waals surface area contributed by atoms with Crippen LogP contribution >= 0.6 is 0 Å². The Balaban J connectivity index is 2.43. The quantitative estimate of drug-likeness (QED) is 0.799. The highest BCUT2D eigenvalue weighted by atomic mass is 19.1. The maximum atomic E-state index is 13.7. The van der Waals surface area contributed by atoms with Crippen molar-refractivity contribution in [3.05, 3.63) is 53.3 Å². The summed E-state index contributed by atoms with van der Waals surface area (Å²) in [5.41, 5.74) is 5.75. The van der Waals surface area contributed by atoms with Crippen LogP contribution in [0.15, 0.2) is 30.3 Å². The van der Waals surface area contributed by atoms with Gasteiger partial charge >= 0.3 is 0 Å². The molecule has 0 aliphatic heterocycles. The molecule has 2 aromatic rings. The molecule has 0 aromatic heterocycles. The van der Waals surface area contributed by atoms with E-state index in [-0.39, 0.29) is 17.1 Å². The summed E-state index contributed by atoms with van der Waals surface area (Å²) in [6.07, 6.45) is 0. The Labute approximate surface area is 102 Å². The summed E-state index contributed by atoms with van der Waals surface area (Å²) in [6.45, 7) is 1.59. The largest absolute Gasteiger partial charge is 0.395 e. The molecule has 18 heavy (non-hydrogen) atoms. The first-order chi connectivity index (χ1) is 8.49. The van der Waals surface area contributed by atoms with E-state index in [0.29, 0.717) is 11.6 Å². The number of rotatable bonds is 2. The van der Waals surface area contributed by atoms with Gasteiger partial charge in [-0.2, -0.15) is 0 Å². The number of hydrogen-bond donors (Lipinski definition) is 2. The van der Waals surface area contributed by atoms with Gasteiger partial charge in [0.15, 0.2) is 5.82 Å². The van der Waals surface area contributed by atoms with Crippen LogP contribution in [0.4, 0.5) is 30.2 Å². The van der Waals surface area contributed by atoms with Gasteiger partial charge in [-0.3, -0.25) is 0 Å². The molecule has 0 unspecified atom stereocenters. The Kier molecular flexibility index (Phi) is 3.14. The molecule has 0 heterocycles. The zero-order chi connectivity index (χ0) is 13.3. The molecule has 0 aliphatic carbocycles. The predicted octanol–water partition coefficient (Wildman–Crippen LogP) is 3.74. The first-order valence-electron chi connectivity index (χ1n) is 5.25. The predicted molar refractivity (Wildman–Crippen MR) is 65.2 cm³/mol. The fourth-order valence-corrected chi connectivity index (χ4v) is 1.58. The van der Waals surface area contributed by atoms with E-state index < -0.39 is 17.5 Å². The number of nitrogens with two attached hydrogens (primary N) is 1. The van der Waals surface area contributed by atoms with Gasteiger partial charge in [0.1, 0.15) is 11.6 Å². The van der Waals surface area contributed by atoms with E-state index in [1.807, 2.05) is 0 Å². The molecular formula is C13H11F3N2. The van der Waals surface area contributed by atoms with E-state index in [1.165, 1.54) is 6.07 Å². The molecule has 0 saturated heterocycles. The molecule has 0 aliphatic rings. The second-order valence-electron chi connectivity index (χ2n) is 3.91. The van der Waals surface area contributed by atoms with Gasteiger partial charge in [-0.25, -0.2) is 13.2 Å². The minimum atomic E-state index is -0.884. The third-order valence-electron chi connectivity index (χ3n) is 2.56. The van der Waals surface area contributed by atoms with Crippen molar-refractivity contribution in [3.63, 3.8) is 0 Å². The van der Waals surface area contributed by atoms with Gasteiger partial charge in [0.05, 0.1) is 17.1 Å². The minimum absolute atomic E-state index is 0.00278. The molecule has 2 nitrogen and oxygen atoms in total. The number of nitrogen functional groups attached to an aromatic ring is 1. The second kappa shape index (κ2) is 4.60. The Morgan fingerprint density at radius 2 is 1.78 bits per heavy atom. The van der Waals surface area contributed by atoms with E-state index >= 15 is 0 Å². The van der Waals surface area contributed by atoms with Crippen LogP contribution in [0, 0.1) is 24.4 Å². The van der Waals surface area contributed by atoms with Crippen molar-refractivity contribution >= 4 is 17.1 Å². The first-order valence-corrected chi connectivity index (χ1v) is 5.25. The molecule has 2 aromatic carbocycles. The summed E-state index contributed by atoms with van der Waals surface area (Å²) < 4.78 is 40.0. The summed E-state index contributed by atoms with van der Waals surface area (Å²) in [5.74, 6) is -2.15. The normalized spacial score (nSPS) is 10.4. The van der Waals surface area contributed by atoms with Crippen LogP contribution in [0.1, 0.15) is 5.56 Å². The Morgan fingerprint density at radius 1 is 1.06 bits per heavy atom. The lowest BCUT2D eigenvalue weighted by Gasteiger charge is -2.11. The van der Waals surface area contributed by atoms with Crippen molar-refractivity contribution in [1.29, 1.82) is 0 Å². The van der Waals surface area contributed by atoms with Gasteiger partial charge < -0.3 is 11.1 Å². The topological polar surface area (TPSA) is 38.0 Å². The van der Waals surface area contributed by atoms with Gasteiger partial charge in [0.2, 0.25) is 0 Å². The van der Waals surface area contributed by atoms with E-state index in [0.717, 1.165) is 6.07 Å². The minimum Gasteiger partial charge on any atom is -0.395 e. The van der Waals surface area contributed by atoms with Gasteiger partial charge in [-0.15, -0.1) is 0 Å². The molecule has 0 bridgehead atoms. The van der Waals surface area contributed by atoms with E-state index in [2.05, 4.69) is 5.32 Å². The number of benzene rings is 2. The molecule has 5 heteroatoms. The van der Waals surface area contributed by atoms with Crippen molar-refractivity contribution in [2.75, 3.05) is 11.1 Å². The number of halogens is 3. The van der Waals surface area contributed by atoms with Crippen LogP contribution < -0.4 is 11.1 Å². The van der Waals surface area contributed by atoms with Crippen LogP contribution in [0.25, 0.3) is 0 Å². The van der Waals surface area contributed by atoms with Gasteiger partial charge in [-0.05, 0) is 24.6 Å². The third-order valence-corrected chi connectivity index (χ3v) is 2.56. The fourth-order valence-electron chi connectivity index (χ4n) is 1.58. The van der Waals surface area contributed by atoms with E-state index in [9.17, 15) is 13.2 Å². The second-order valence-corrected chi connectivity index (χ2v) is 3.91. The van der Waals surface area contributed by atoms with Gasteiger partial charge in [-0.1, -0.05) is 12.1 Å². The van der Waals surface area contributed by atoms with Crippen molar-refractivity contribution in [2.45, 2.75) is 6.92 Å². The molecule has 0 atom stereocenters. The average Bonchev–Trinajstić information content (AvgIpc) is 2.31. The number of aryl methyl sites for hydroxylation is 1. The Morgan fingerprint density at radius 3 is 2.50 bits per heavy atom. The van der Waals surface area contributed by atoms with Crippen LogP contribution in [0.3, 0.4) is 0 Å². The summed E-state index contributed by atoms with van der Waals surface area (Å²) in [4.78, 5) is 0. The third kappa shape index (κ3) is 2.25. The molecule has 2 rings (SSSR count). The van der Waals surface area contributed by atoms with Crippen LogP contribution in [0.2, 0.25) is 0 Å². The number of anilines is 3. The van der Waals surface area contributed by atoms with Crippen molar-refractivity contribution in [2.24, 2.45) is 0 Å². The zero-order valence-corrected chi connectivity index (χ0v) is 9.60.